The second kappa shape index (κ2) is 6.45. The van der Waals surface area contributed by atoms with Crippen LogP contribution in [0.25, 0.3) is 11.5 Å². The van der Waals surface area contributed by atoms with Crippen molar-refractivity contribution < 1.29 is 4.79 Å². The Morgan fingerprint density at radius 2 is 1.86 bits per heavy atom. The molecule has 0 N–H and O–H groups in total. The molecule has 1 aromatic carbocycles. The van der Waals surface area contributed by atoms with E-state index in [1.165, 1.54) is 11.3 Å². The highest BCUT2D eigenvalue weighted by Gasteiger charge is 2.32. The Morgan fingerprint density at radius 1 is 1.07 bits per heavy atom. The van der Waals surface area contributed by atoms with Crippen LogP contribution in [-0.4, -0.2) is 30.1 Å². The molecule has 0 saturated heterocycles. The highest BCUT2D eigenvalue weighted by atomic mass is 32.1. The largest absolute Gasteiger partial charge is 0.327 e. The molecule has 1 aliphatic rings. The summed E-state index contributed by atoms with van der Waals surface area (Å²) in [4.78, 5) is 19.0. The lowest BCUT2D eigenvalue weighted by molar-refractivity contribution is 0.0744. The van der Waals surface area contributed by atoms with E-state index >= 15 is 0 Å². The van der Waals surface area contributed by atoms with Crippen LogP contribution in [0.3, 0.4) is 0 Å². The minimum absolute atomic E-state index is 0.0387. The average Bonchev–Trinajstić information content (AvgIpc) is 3.45. The summed E-state index contributed by atoms with van der Waals surface area (Å²) in [7, 11) is 0. The third-order valence-electron chi connectivity index (χ3n) is 5.05. The zero-order chi connectivity index (χ0) is 19.3. The molecular weight excluding hydrogens is 370 g/mol. The molecule has 0 fully saturated rings. The van der Waals surface area contributed by atoms with Crippen molar-refractivity contribution in [2.45, 2.75) is 26.9 Å². The van der Waals surface area contributed by atoms with Gasteiger partial charge in [-0.25, -0.2) is 9.67 Å². The van der Waals surface area contributed by atoms with Crippen molar-refractivity contribution in [2.24, 2.45) is 0 Å². The van der Waals surface area contributed by atoms with Gasteiger partial charge < -0.3 is 9.47 Å². The second-order valence-electron chi connectivity index (χ2n) is 6.95. The van der Waals surface area contributed by atoms with Gasteiger partial charge in [-0.2, -0.15) is 5.10 Å². The van der Waals surface area contributed by atoms with E-state index in [0.29, 0.717) is 18.8 Å². The summed E-state index contributed by atoms with van der Waals surface area (Å²) >= 11 is 1.50. The number of thiazole rings is 1. The molecule has 5 rings (SSSR count). The first-order valence-electron chi connectivity index (χ1n) is 9.13. The molecule has 0 bridgehead atoms. The molecule has 0 saturated carbocycles. The first kappa shape index (κ1) is 16.9. The van der Waals surface area contributed by atoms with Gasteiger partial charge in [-0.1, -0.05) is 18.2 Å². The van der Waals surface area contributed by atoms with Crippen molar-refractivity contribution in [1.82, 2.24) is 24.2 Å². The predicted molar refractivity (Wildman–Crippen MR) is 108 cm³/mol. The van der Waals surface area contributed by atoms with Crippen LogP contribution < -0.4 is 0 Å². The van der Waals surface area contributed by atoms with E-state index in [2.05, 4.69) is 28.6 Å². The Bertz CT molecular complexity index is 1170. The number of aryl methyl sites for hydroxylation is 2. The molecule has 7 heteroatoms. The number of hydrogen-bond donors (Lipinski definition) is 0. The van der Waals surface area contributed by atoms with Gasteiger partial charge >= 0.3 is 0 Å². The molecule has 28 heavy (non-hydrogen) atoms. The van der Waals surface area contributed by atoms with Gasteiger partial charge in [-0.15, -0.1) is 11.3 Å². The van der Waals surface area contributed by atoms with Crippen LogP contribution >= 0.6 is 11.3 Å². The van der Waals surface area contributed by atoms with Gasteiger partial charge in [0.05, 0.1) is 29.5 Å². The number of amides is 1. The van der Waals surface area contributed by atoms with Crippen molar-refractivity contribution >= 4 is 17.2 Å². The topological polar surface area (TPSA) is 56.0 Å². The molecule has 0 atom stereocenters. The summed E-state index contributed by atoms with van der Waals surface area (Å²) in [5, 5.41) is 7.62. The lowest BCUT2D eigenvalue weighted by atomic mass is 10.2. The molecule has 6 nitrogen and oxygen atoms in total. The Hall–Kier alpha value is -3.19. The zero-order valence-corrected chi connectivity index (χ0v) is 16.5. The number of carbonyl (C=O) groups excluding carboxylic acids is 1. The summed E-state index contributed by atoms with van der Waals surface area (Å²) < 4.78 is 4.06. The fourth-order valence-corrected chi connectivity index (χ4v) is 4.27. The monoisotopic (exact) mass is 389 g/mol. The van der Waals surface area contributed by atoms with Gasteiger partial charge in [0.1, 0.15) is 11.5 Å². The zero-order valence-electron chi connectivity index (χ0n) is 15.7. The summed E-state index contributed by atoms with van der Waals surface area (Å²) in [6.07, 6.45) is 4.03. The van der Waals surface area contributed by atoms with Gasteiger partial charge in [0.2, 0.25) is 0 Å². The minimum atomic E-state index is -0.0387. The summed E-state index contributed by atoms with van der Waals surface area (Å²) in [5.41, 5.74) is 4.74. The molecular formula is C21H19N5OS. The van der Waals surface area contributed by atoms with Gasteiger partial charge in [0.15, 0.2) is 0 Å². The van der Waals surface area contributed by atoms with E-state index in [1.807, 2.05) is 58.5 Å². The maximum Gasteiger partial charge on any atom is 0.273 e. The third kappa shape index (κ3) is 2.66. The number of aromatic nitrogens is 4. The number of rotatable bonds is 3. The standard InChI is InChI=1S/C21H19N5OS/c1-14-7-3-4-8-19(14)26-20(24-9-5-6-10-24)16-11-25(12-17(16)23-26)21(27)18-13-28-15(2)22-18/h3-10,13H,11-12H2,1-2H3. The first-order valence-corrected chi connectivity index (χ1v) is 10.0. The highest BCUT2D eigenvalue weighted by Crippen LogP contribution is 2.32. The number of hydrogen-bond acceptors (Lipinski definition) is 4. The number of carbonyl (C=O) groups is 1. The quantitative estimate of drug-likeness (QED) is 0.534. The van der Waals surface area contributed by atoms with Gasteiger partial charge in [-0.3, -0.25) is 4.79 Å². The maximum absolute atomic E-state index is 12.9. The van der Waals surface area contributed by atoms with E-state index in [-0.39, 0.29) is 5.91 Å². The van der Waals surface area contributed by atoms with Crippen LogP contribution in [0.5, 0.6) is 0 Å². The van der Waals surface area contributed by atoms with Crippen molar-refractivity contribution in [3.8, 4) is 11.5 Å². The molecule has 1 amide bonds. The van der Waals surface area contributed by atoms with Crippen LogP contribution in [0.15, 0.2) is 54.2 Å². The van der Waals surface area contributed by atoms with Crippen molar-refractivity contribution in [3.05, 3.63) is 81.7 Å². The van der Waals surface area contributed by atoms with E-state index < -0.39 is 0 Å². The molecule has 3 aromatic heterocycles. The van der Waals surface area contributed by atoms with Crippen molar-refractivity contribution in [3.63, 3.8) is 0 Å². The maximum atomic E-state index is 12.9. The molecule has 0 aliphatic carbocycles. The molecule has 0 unspecified atom stereocenters. The van der Waals surface area contributed by atoms with E-state index in [9.17, 15) is 4.79 Å². The second-order valence-corrected chi connectivity index (χ2v) is 8.01. The van der Waals surface area contributed by atoms with Gasteiger partial charge in [-0.05, 0) is 37.6 Å². The summed E-state index contributed by atoms with van der Waals surface area (Å²) in [6.45, 7) is 5.03. The minimum Gasteiger partial charge on any atom is -0.327 e. The first-order chi connectivity index (χ1) is 13.6. The normalized spacial score (nSPS) is 13.1. The molecule has 4 aromatic rings. The Balaban J connectivity index is 1.57. The van der Waals surface area contributed by atoms with E-state index in [1.54, 1.807) is 0 Å². The average molecular weight is 389 g/mol. The lowest BCUT2D eigenvalue weighted by Gasteiger charge is -2.17. The fourth-order valence-electron chi connectivity index (χ4n) is 3.68. The Morgan fingerprint density at radius 3 is 2.57 bits per heavy atom. The summed E-state index contributed by atoms with van der Waals surface area (Å²) in [6, 6.07) is 12.2. The number of para-hydroxylation sites is 1. The van der Waals surface area contributed by atoms with Crippen LogP contribution in [-0.2, 0) is 13.1 Å². The molecule has 4 heterocycles. The molecule has 0 spiro atoms. The van der Waals surface area contributed by atoms with Crippen LogP contribution in [0.1, 0.15) is 32.3 Å². The highest BCUT2D eigenvalue weighted by molar-refractivity contribution is 7.09. The van der Waals surface area contributed by atoms with E-state index in [4.69, 9.17) is 5.10 Å². The van der Waals surface area contributed by atoms with Gasteiger partial charge in [0.25, 0.3) is 5.91 Å². The number of fused-ring (bicyclic) bond motifs is 1. The molecule has 140 valence electrons. The van der Waals surface area contributed by atoms with Crippen molar-refractivity contribution in [1.29, 1.82) is 0 Å². The van der Waals surface area contributed by atoms with Gasteiger partial charge in [0, 0.05) is 23.3 Å². The molecule has 1 aliphatic heterocycles. The molecule has 0 radical (unpaired) electrons. The summed E-state index contributed by atoms with van der Waals surface area (Å²) in [5.74, 6) is 0.947. The van der Waals surface area contributed by atoms with E-state index in [0.717, 1.165) is 33.3 Å². The SMILES string of the molecule is Cc1nc(C(=O)N2Cc3nn(-c4ccccc4C)c(-n4cccc4)c3C2)cs1. The number of nitrogens with zero attached hydrogens (tertiary/aromatic N) is 5. The van der Waals surface area contributed by atoms with Crippen LogP contribution in [0, 0.1) is 13.8 Å². The predicted octanol–water partition coefficient (Wildman–Crippen LogP) is 3.89. The Kier molecular flexibility index (Phi) is 3.91. The van der Waals surface area contributed by atoms with Crippen molar-refractivity contribution in [2.75, 3.05) is 0 Å². The fraction of sp³-hybridized carbons (Fsp3) is 0.190. The van der Waals surface area contributed by atoms with Crippen LogP contribution in [0.4, 0.5) is 0 Å². The third-order valence-corrected chi connectivity index (χ3v) is 5.82. The smallest absolute Gasteiger partial charge is 0.273 e. The Labute approximate surface area is 166 Å². The van der Waals surface area contributed by atoms with Crippen LogP contribution in [0.2, 0.25) is 0 Å². The number of benzene rings is 1. The lowest BCUT2D eigenvalue weighted by Crippen LogP contribution is -2.26.